The van der Waals surface area contributed by atoms with Crippen molar-refractivity contribution in [3.8, 4) is 5.75 Å². The number of aromatic hydroxyl groups is 1. The molecule has 4 atom stereocenters. The van der Waals surface area contributed by atoms with Gasteiger partial charge in [0.05, 0.1) is 12.6 Å². The molecule has 25 heavy (non-hydrogen) atoms. The average molecular weight is 349 g/mol. The molecule has 2 rings (SSSR count). The maximum atomic E-state index is 12.9. The van der Waals surface area contributed by atoms with E-state index in [1.807, 2.05) is 13.8 Å². The minimum Gasteiger partial charge on any atom is -0.508 e. The molecule has 1 unspecified atom stereocenters. The first kappa shape index (κ1) is 19.7. The summed E-state index contributed by atoms with van der Waals surface area (Å²) in [5.41, 5.74) is -0.477. The highest BCUT2D eigenvalue weighted by Crippen LogP contribution is 2.41. The van der Waals surface area contributed by atoms with Gasteiger partial charge in [-0.25, -0.2) is 0 Å². The van der Waals surface area contributed by atoms with Crippen LogP contribution in [0.3, 0.4) is 0 Å². The molecular weight excluding hydrogens is 318 g/mol. The van der Waals surface area contributed by atoms with Crippen molar-refractivity contribution in [2.45, 2.75) is 58.1 Å². The maximum Gasteiger partial charge on any atom is 0.252 e. The van der Waals surface area contributed by atoms with Gasteiger partial charge in [-0.3, -0.25) is 4.79 Å². The lowest BCUT2D eigenvalue weighted by Gasteiger charge is -2.43. The SMILES string of the molecule is CC(C)[C@@H]1CC[C@@H](C)C[C@@]1(O)C(=O)NC(CO)Cc1ccc(O)cc1. The lowest BCUT2D eigenvalue weighted by atomic mass is 9.66. The third-order valence-electron chi connectivity index (χ3n) is 5.42. The Labute approximate surface area is 150 Å². The second-order valence-corrected chi connectivity index (χ2v) is 7.88. The molecule has 0 spiro atoms. The Kier molecular flexibility index (Phi) is 6.47. The average Bonchev–Trinajstić information content (AvgIpc) is 2.55. The minimum atomic E-state index is -1.38. The summed E-state index contributed by atoms with van der Waals surface area (Å²) in [6, 6.07) is 6.22. The number of amides is 1. The second-order valence-electron chi connectivity index (χ2n) is 7.88. The van der Waals surface area contributed by atoms with E-state index in [0.717, 1.165) is 18.4 Å². The number of hydrogen-bond donors (Lipinski definition) is 4. The van der Waals surface area contributed by atoms with Crippen LogP contribution in [0.25, 0.3) is 0 Å². The zero-order chi connectivity index (χ0) is 18.6. The van der Waals surface area contributed by atoms with Crippen molar-refractivity contribution < 1.29 is 20.1 Å². The molecule has 5 nitrogen and oxygen atoms in total. The molecule has 1 aliphatic rings. The fourth-order valence-electron chi connectivity index (χ4n) is 4.02. The standard InChI is InChI=1S/C20H31NO4/c1-13(2)18-9-4-14(3)11-20(18,25)19(24)21-16(12-22)10-15-5-7-17(23)8-6-15/h5-8,13-14,16,18,22-23,25H,4,9-12H2,1-3H3,(H,21,24)/t14-,16?,18+,20+/m1/s1. The van der Waals surface area contributed by atoms with Gasteiger partial charge >= 0.3 is 0 Å². The number of hydrogen-bond acceptors (Lipinski definition) is 4. The minimum absolute atomic E-state index is 0.0725. The summed E-state index contributed by atoms with van der Waals surface area (Å²) in [5, 5.41) is 33.0. The van der Waals surface area contributed by atoms with Crippen molar-refractivity contribution >= 4 is 5.91 Å². The highest BCUT2D eigenvalue weighted by molar-refractivity contribution is 5.85. The van der Waals surface area contributed by atoms with Crippen molar-refractivity contribution in [3.05, 3.63) is 29.8 Å². The van der Waals surface area contributed by atoms with Crippen LogP contribution >= 0.6 is 0 Å². The van der Waals surface area contributed by atoms with Gasteiger partial charge in [-0.15, -0.1) is 0 Å². The van der Waals surface area contributed by atoms with Gasteiger partial charge in [0.15, 0.2) is 0 Å². The zero-order valence-corrected chi connectivity index (χ0v) is 15.4. The molecule has 0 saturated heterocycles. The molecule has 0 radical (unpaired) electrons. The summed E-state index contributed by atoms with van der Waals surface area (Å²) in [5.74, 6) is 0.245. The van der Waals surface area contributed by atoms with E-state index in [0.29, 0.717) is 18.8 Å². The largest absolute Gasteiger partial charge is 0.508 e. The van der Waals surface area contributed by atoms with Gasteiger partial charge in [0.1, 0.15) is 11.4 Å². The summed E-state index contributed by atoms with van der Waals surface area (Å²) in [6.07, 6.45) is 2.76. The molecule has 1 aromatic rings. The van der Waals surface area contributed by atoms with Crippen molar-refractivity contribution in [2.75, 3.05) is 6.61 Å². The third-order valence-corrected chi connectivity index (χ3v) is 5.42. The van der Waals surface area contributed by atoms with Crippen LogP contribution in [0.4, 0.5) is 0 Å². The molecule has 0 bridgehead atoms. The monoisotopic (exact) mass is 349 g/mol. The number of nitrogens with one attached hydrogen (secondary N) is 1. The van der Waals surface area contributed by atoms with Crippen molar-refractivity contribution in [1.82, 2.24) is 5.32 Å². The number of aliphatic hydroxyl groups is 2. The molecule has 1 saturated carbocycles. The molecule has 1 aromatic carbocycles. The number of phenolic OH excluding ortho intramolecular Hbond substituents is 1. The Bertz CT molecular complexity index is 572. The van der Waals surface area contributed by atoms with Crippen LogP contribution in [0, 0.1) is 17.8 Å². The van der Waals surface area contributed by atoms with Crippen LogP contribution < -0.4 is 5.32 Å². The number of aliphatic hydroxyl groups excluding tert-OH is 1. The predicted molar refractivity (Wildman–Crippen MR) is 97.1 cm³/mol. The van der Waals surface area contributed by atoms with Gasteiger partial charge in [0.2, 0.25) is 0 Å². The molecule has 0 heterocycles. The first-order valence-electron chi connectivity index (χ1n) is 9.18. The summed E-state index contributed by atoms with van der Waals surface area (Å²) >= 11 is 0. The van der Waals surface area contributed by atoms with E-state index >= 15 is 0 Å². The molecule has 0 aromatic heterocycles. The van der Waals surface area contributed by atoms with E-state index in [9.17, 15) is 20.1 Å². The van der Waals surface area contributed by atoms with Crippen LogP contribution in [-0.2, 0) is 11.2 Å². The summed E-state index contributed by atoms with van der Waals surface area (Å²) in [4.78, 5) is 12.9. The second kappa shape index (κ2) is 8.19. The first-order valence-corrected chi connectivity index (χ1v) is 9.18. The number of phenols is 1. The quantitative estimate of drug-likeness (QED) is 0.634. The Hall–Kier alpha value is -1.59. The summed E-state index contributed by atoms with van der Waals surface area (Å²) in [7, 11) is 0. The van der Waals surface area contributed by atoms with Crippen LogP contribution in [0.2, 0.25) is 0 Å². The Morgan fingerprint density at radius 2 is 1.92 bits per heavy atom. The van der Waals surface area contributed by atoms with Crippen molar-refractivity contribution in [3.63, 3.8) is 0 Å². The lowest BCUT2D eigenvalue weighted by Crippen LogP contribution is -2.58. The predicted octanol–water partition coefficient (Wildman–Crippen LogP) is 2.24. The summed E-state index contributed by atoms with van der Waals surface area (Å²) in [6.45, 7) is 5.94. The Morgan fingerprint density at radius 1 is 1.28 bits per heavy atom. The van der Waals surface area contributed by atoms with E-state index < -0.39 is 11.6 Å². The molecule has 1 amide bonds. The molecule has 1 aliphatic carbocycles. The van der Waals surface area contributed by atoms with E-state index in [2.05, 4.69) is 12.2 Å². The zero-order valence-electron chi connectivity index (χ0n) is 15.4. The lowest BCUT2D eigenvalue weighted by molar-refractivity contribution is -0.156. The van der Waals surface area contributed by atoms with Crippen LogP contribution in [0.5, 0.6) is 5.75 Å². The third kappa shape index (κ3) is 4.73. The number of carbonyl (C=O) groups excluding carboxylic acids is 1. The highest BCUT2D eigenvalue weighted by atomic mass is 16.3. The van der Waals surface area contributed by atoms with Crippen molar-refractivity contribution in [1.29, 1.82) is 0 Å². The fraction of sp³-hybridized carbons (Fsp3) is 0.650. The normalized spacial score (nSPS) is 27.9. The van der Waals surface area contributed by atoms with Gasteiger partial charge in [-0.2, -0.15) is 0 Å². The van der Waals surface area contributed by atoms with E-state index in [1.165, 1.54) is 0 Å². The van der Waals surface area contributed by atoms with E-state index in [4.69, 9.17) is 0 Å². The van der Waals surface area contributed by atoms with Gasteiger partial charge in [-0.05, 0) is 54.7 Å². The topological polar surface area (TPSA) is 89.8 Å². The Balaban J connectivity index is 2.09. The Morgan fingerprint density at radius 3 is 2.48 bits per heavy atom. The van der Waals surface area contributed by atoms with Crippen LogP contribution in [-0.4, -0.2) is 39.5 Å². The van der Waals surface area contributed by atoms with Crippen LogP contribution in [0.15, 0.2) is 24.3 Å². The fourth-order valence-corrected chi connectivity index (χ4v) is 4.02. The molecule has 4 N–H and O–H groups in total. The first-order chi connectivity index (χ1) is 11.8. The van der Waals surface area contributed by atoms with Gasteiger partial charge in [-0.1, -0.05) is 39.3 Å². The highest BCUT2D eigenvalue weighted by Gasteiger charge is 2.48. The number of benzene rings is 1. The molecule has 5 heteroatoms. The van der Waals surface area contributed by atoms with Gasteiger partial charge in [0.25, 0.3) is 5.91 Å². The van der Waals surface area contributed by atoms with E-state index in [-0.39, 0.29) is 30.1 Å². The van der Waals surface area contributed by atoms with Gasteiger partial charge in [0, 0.05) is 0 Å². The smallest absolute Gasteiger partial charge is 0.252 e. The van der Waals surface area contributed by atoms with Gasteiger partial charge < -0.3 is 20.6 Å². The molecule has 140 valence electrons. The van der Waals surface area contributed by atoms with Crippen LogP contribution in [0.1, 0.15) is 45.6 Å². The molecule has 0 aliphatic heterocycles. The van der Waals surface area contributed by atoms with Crippen molar-refractivity contribution in [2.24, 2.45) is 17.8 Å². The maximum absolute atomic E-state index is 12.9. The number of rotatable bonds is 6. The van der Waals surface area contributed by atoms with E-state index in [1.54, 1.807) is 24.3 Å². The number of carbonyl (C=O) groups is 1. The molecular formula is C20H31NO4. The summed E-state index contributed by atoms with van der Waals surface area (Å²) < 4.78 is 0. The molecule has 1 fully saturated rings.